The Morgan fingerprint density at radius 1 is 1.15 bits per heavy atom. The van der Waals surface area contributed by atoms with Gasteiger partial charge in [-0.25, -0.2) is 0 Å². The van der Waals surface area contributed by atoms with Gasteiger partial charge < -0.3 is 9.73 Å². The predicted octanol–water partition coefficient (Wildman–Crippen LogP) is 5.03. The Hall–Kier alpha value is -0.990. The molecule has 2 nitrogen and oxygen atoms in total. The zero-order valence-corrected chi connectivity index (χ0v) is 13.6. The maximum Gasteiger partial charge on any atom is 0.153 e. The molecule has 1 N–H and O–H groups in total. The molecule has 0 fully saturated rings. The molecule has 1 aromatic heterocycles. The maximum absolute atomic E-state index is 6.25. The fourth-order valence-corrected chi connectivity index (χ4v) is 2.65. The molecule has 0 amide bonds. The van der Waals surface area contributed by atoms with Crippen LogP contribution in [0.2, 0.25) is 5.02 Å². The SMILES string of the molecule is CC(C)CNCc1oc2c(Cl)cccc2c1CC(C)C. The fraction of sp³-hybridized carbons (Fsp3) is 0.529. The zero-order valence-electron chi connectivity index (χ0n) is 12.8. The first-order chi connectivity index (χ1) is 9.49. The van der Waals surface area contributed by atoms with Gasteiger partial charge in [-0.3, -0.25) is 0 Å². The molecule has 2 aromatic rings. The second-order valence-electron chi connectivity index (χ2n) is 6.24. The van der Waals surface area contributed by atoms with E-state index >= 15 is 0 Å². The highest BCUT2D eigenvalue weighted by molar-refractivity contribution is 6.34. The number of hydrogen-bond acceptors (Lipinski definition) is 2. The maximum atomic E-state index is 6.25. The Morgan fingerprint density at radius 3 is 2.55 bits per heavy atom. The van der Waals surface area contributed by atoms with Gasteiger partial charge in [0.15, 0.2) is 5.58 Å². The van der Waals surface area contributed by atoms with Crippen molar-refractivity contribution in [1.29, 1.82) is 0 Å². The van der Waals surface area contributed by atoms with Gasteiger partial charge in [0.1, 0.15) is 5.76 Å². The van der Waals surface area contributed by atoms with E-state index in [0.717, 1.165) is 36.2 Å². The average Bonchev–Trinajstić information content (AvgIpc) is 2.69. The molecule has 0 saturated heterocycles. The lowest BCUT2D eigenvalue weighted by Crippen LogP contribution is -2.19. The van der Waals surface area contributed by atoms with Crippen LogP contribution < -0.4 is 5.32 Å². The lowest BCUT2D eigenvalue weighted by molar-refractivity contribution is 0.477. The standard InChI is InChI=1S/C17H24ClNO/c1-11(2)8-14-13-6-5-7-15(18)17(13)20-16(14)10-19-9-12(3)4/h5-7,11-12,19H,8-10H2,1-4H3. The molecular weight excluding hydrogens is 270 g/mol. The van der Waals surface area contributed by atoms with Crippen LogP contribution in [-0.2, 0) is 13.0 Å². The Labute approximate surface area is 126 Å². The topological polar surface area (TPSA) is 25.2 Å². The molecule has 0 aliphatic carbocycles. The van der Waals surface area contributed by atoms with E-state index in [0.29, 0.717) is 16.9 Å². The molecule has 1 aromatic carbocycles. The van der Waals surface area contributed by atoms with E-state index < -0.39 is 0 Å². The molecule has 2 rings (SSSR count). The van der Waals surface area contributed by atoms with Crippen LogP contribution in [0.4, 0.5) is 0 Å². The van der Waals surface area contributed by atoms with Gasteiger partial charge in [0.25, 0.3) is 0 Å². The first-order valence-electron chi connectivity index (χ1n) is 7.38. The fourth-order valence-electron chi connectivity index (χ4n) is 2.43. The van der Waals surface area contributed by atoms with Crippen molar-refractivity contribution in [2.75, 3.05) is 6.54 Å². The van der Waals surface area contributed by atoms with E-state index in [9.17, 15) is 0 Å². The Kier molecular flexibility index (Phi) is 5.11. The molecule has 0 radical (unpaired) electrons. The lowest BCUT2D eigenvalue weighted by atomic mass is 10.00. The molecule has 0 aliphatic rings. The number of benzene rings is 1. The molecule has 0 bridgehead atoms. The number of furan rings is 1. The first-order valence-corrected chi connectivity index (χ1v) is 7.76. The van der Waals surface area contributed by atoms with E-state index in [-0.39, 0.29) is 0 Å². The van der Waals surface area contributed by atoms with Crippen LogP contribution >= 0.6 is 11.6 Å². The van der Waals surface area contributed by atoms with Crippen molar-refractivity contribution in [2.24, 2.45) is 11.8 Å². The van der Waals surface area contributed by atoms with E-state index in [2.05, 4.69) is 39.1 Å². The van der Waals surface area contributed by atoms with Crippen molar-refractivity contribution < 1.29 is 4.42 Å². The summed E-state index contributed by atoms with van der Waals surface area (Å²) in [4.78, 5) is 0. The van der Waals surface area contributed by atoms with Gasteiger partial charge in [-0.1, -0.05) is 51.4 Å². The summed E-state index contributed by atoms with van der Waals surface area (Å²) in [5.74, 6) is 2.26. The van der Waals surface area contributed by atoms with E-state index in [4.69, 9.17) is 16.0 Å². The van der Waals surface area contributed by atoms with Gasteiger partial charge in [-0.2, -0.15) is 0 Å². The number of fused-ring (bicyclic) bond motifs is 1. The first kappa shape index (κ1) is 15.4. The van der Waals surface area contributed by atoms with Crippen molar-refractivity contribution >= 4 is 22.6 Å². The second-order valence-corrected chi connectivity index (χ2v) is 6.65. The lowest BCUT2D eigenvalue weighted by Gasteiger charge is -2.09. The summed E-state index contributed by atoms with van der Waals surface area (Å²) in [6, 6.07) is 5.99. The minimum Gasteiger partial charge on any atom is -0.458 e. The summed E-state index contributed by atoms with van der Waals surface area (Å²) in [6.07, 6.45) is 1.02. The number of hydrogen-bond donors (Lipinski definition) is 1. The highest BCUT2D eigenvalue weighted by Gasteiger charge is 2.16. The number of halogens is 1. The van der Waals surface area contributed by atoms with Gasteiger partial charge in [0.05, 0.1) is 11.6 Å². The van der Waals surface area contributed by atoms with Crippen molar-refractivity contribution in [3.8, 4) is 0 Å². The Balaban J connectivity index is 2.33. The van der Waals surface area contributed by atoms with Crippen molar-refractivity contribution in [3.05, 3.63) is 34.5 Å². The number of nitrogens with one attached hydrogen (secondary N) is 1. The molecule has 0 spiro atoms. The smallest absolute Gasteiger partial charge is 0.153 e. The van der Waals surface area contributed by atoms with E-state index in [1.54, 1.807) is 0 Å². The third kappa shape index (κ3) is 3.56. The Morgan fingerprint density at radius 2 is 1.90 bits per heavy atom. The molecule has 0 saturated carbocycles. The average molecular weight is 294 g/mol. The van der Waals surface area contributed by atoms with Crippen LogP contribution in [-0.4, -0.2) is 6.54 Å². The van der Waals surface area contributed by atoms with Crippen molar-refractivity contribution in [2.45, 2.75) is 40.7 Å². The third-order valence-corrected chi connectivity index (χ3v) is 3.60. The van der Waals surface area contributed by atoms with E-state index in [1.807, 2.05) is 12.1 Å². The molecule has 0 unspecified atom stereocenters. The molecule has 110 valence electrons. The summed E-state index contributed by atoms with van der Waals surface area (Å²) in [7, 11) is 0. The summed E-state index contributed by atoms with van der Waals surface area (Å²) >= 11 is 6.25. The molecular formula is C17H24ClNO. The summed E-state index contributed by atoms with van der Waals surface area (Å²) in [5, 5.41) is 5.31. The van der Waals surface area contributed by atoms with Gasteiger partial charge >= 0.3 is 0 Å². The van der Waals surface area contributed by atoms with Gasteiger partial charge in [-0.05, 0) is 30.9 Å². The second kappa shape index (κ2) is 6.64. The van der Waals surface area contributed by atoms with Crippen LogP contribution in [0.1, 0.15) is 39.0 Å². The van der Waals surface area contributed by atoms with Crippen LogP contribution in [0.25, 0.3) is 11.0 Å². The van der Waals surface area contributed by atoms with Crippen LogP contribution in [0, 0.1) is 11.8 Å². The van der Waals surface area contributed by atoms with E-state index in [1.165, 1.54) is 5.56 Å². The highest BCUT2D eigenvalue weighted by atomic mass is 35.5. The minimum absolute atomic E-state index is 0.596. The largest absolute Gasteiger partial charge is 0.458 e. The summed E-state index contributed by atoms with van der Waals surface area (Å²) in [6.45, 7) is 10.6. The van der Waals surface area contributed by atoms with Gasteiger partial charge in [-0.15, -0.1) is 0 Å². The van der Waals surface area contributed by atoms with Crippen LogP contribution in [0.5, 0.6) is 0 Å². The molecule has 1 heterocycles. The molecule has 3 heteroatoms. The minimum atomic E-state index is 0.596. The highest BCUT2D eigenvalue weighted by Crippen LogP contribution is 2.32. The van der Waals surface area contributed by atoms with Crippen LogP contribution in [0.3, 0.4) is 0 Å². The molecule has 0 aliphatic heterocycles. The normalized spacial score (nSPS) is 11.9. The summed E-state index contributed by atoms with van der Waals surface area (Å²) < 4.78 is 6.02. The molecule has 20 heavy (non-hydrogen) atoms. The number of para-hydroxylation sites is 1. The zero-order chi connectivity index (χ0) is 14.7. The predicted molar refractivity (Wildman–Crippen MR) is 86.3 cm³/mol. The Bertz CT molecular complexity index is 572. The monoisotopic (exact) mass is 293 g/mol. The van der Waals surface area contributed by atoms with Gasteiger partial charge in [0.2, 0.25) is 0 Å². The van der Waals surface area contributed by atoms with Crippen molar-refractivity contribution in [3.63, 3.8) is 0 Å². The number of rotatable bonds is 6. The quantitative estimate of drug-likeness (QED) is 0.808. The molecule has 0 atom stereocenters. The summed E-state index contributed by atoms with van der Waals surface area (Å²) in [5.41, 5.74) is 2.12. The van der Waals surface area contributed by atoms with Crippen LogP contribution in [0.15, 0.2) is 22.6 Å². The third-order valence-electron chi connectivity index (χ3n) is 3.30. The van der Waals surface area contributed by atoms with Gasteiger partial charge in [0, 0.05) is 10.9 Å². The van der Waals surface area contributed by atoms with Crippen molar-refractivity contribution in [1.82, 2.24) is 5.32 Å².